The summed E-state index contributed by atoms with van der Waals surface area (Å²) in [5.41, 5.74) is 4.57. The van der Waals surface area contributed by atoms with Crippen molar-refractivity contribution in [1.29, 1.82) is 0 Å². The van der Waals surface area contributed by atoms with Crippen molar-refractivity contribution >= 4 is 5.97 Å². The summed E-state index contributed by atoms with van der Waals surface area (Å²) in [4.78, 5) is 11.8. The van der Waals surface area contributed by atoms with E-state index in [-0.39, 0.29) is 12.6 Å². The Labute approximate surface area is 307 Å². The van der Waals surface area contributed by atoms with Crippen molar-refractivity contribution < 1.29 is 22.7 Å². The number of ether oxygens (including phenoxy) is 1. The molecule has 0 fully saturated rings. The van der Waals surface area contributed by atoms with Gasteiger partial charge in [-0.3, -0.25) is 0 Å². The van der Waals surface area contributed by atoms with Crippen LogP contribution in [0.2, 0.25) is 0 Å². The molecule has 0 aliphatic rings. The molecule has 5 aromatic rings. The van der Waals surface area contributed by atoms with Gasteiger partial charge in [-0.1, -0.05) is 127 Å². The molecule has 0 radical (unpaired) electrons. The second kappa shape index (κ2) is 22.9. The minimum Gasteiger partial charge on any atom is -0.461 e. The second-order valence-electron chi connectivity index (χ2n) is 12.5. The number of carbonyl (C=O) groups is 1. The van der Waals surface area contributed by atoms with E-state index in [2.05, 4.69) is 108 Å². The van der Waals surface area contributed by atoms with E-state index in [9.17, 15) is 18.0 Å². The standard InChI is InChI=1S/C19H20F3NO2.C16H19N.C9H13N/c1-14(12-15-6-5-9-17(13-15)19(20,21)22)23-10-11-25-18(24)16-7-3-2-4-8-16;1-13(17-2)16(14-9-5-3-6-10-14)15-11-7-4-8-12-15;1-10-8-7-9-5-3-2-4-6-9/h2-9,13-14,23H,10-12H2,1H3;3-13,16-17H,1-2H3;2-6,10H,7-8H2,1H3. The molecule has 0 aliphatic carbocycles. The molecule has 276 valence electrons. The molecule has 5 nitrogen and oxygen atoms in total. The van der Waals surface area contributed by atoms with E-state index in [1.807, 2.05) is 33.2 Å². The molecule has 0 heterocycles. The average molecular weight is 712 g/mol. The van der Waals surface area contributed by atoms with E-state index in [1.54, 1.807) is 30.3 Å². The lowest BCUT2D eigenvalue weighted by molar-refractivity contribution is -0.137. The van der Waals surface area contributed by atoms with Crippen molar-refractivity contribution in [2.24, 2.45) is 0 Å². The number of hydrogen-bond donors (Lipinski definition) is 3. The van der Waals surface area contributed by atoms with Gasteiger partial charge in [0.05, 0.1) is 11.1 Å². The monoisotopic (exact) mass is 711 g/mol. The molecule has 3 N–H and O–H groups in total. The van der Waals surface area contributed by atoms with E-state index in [0.29, 0.717) is 36.1 Å². The van der Waals surface area contributed by atoms with Crippen molar-refractivity contribution in [2.75, 3.05) is 33.8 Å². The number of esters is 1. The summed E-state index contributed by atoms with van der Waals surface area (Å²) in [6.45, 7) is 5.79. The Bertz CT molecular complexity index is 1630. The quantitative estimate of drug-likeness (QED) is 0.0794. The van der Waals surface area contributed by atoms with Crippen molar-refractivity contribution in [3.8, 4) is 0 Å². The zero-order valence-electron chi connectivity index (χ0n) is 30.6. The number of alkyl halides is 3. The van der Waals surface area contributed by atoms with Crippen LogP contribution in [0, 0.1) is 0 Å². The predicted octanol–water partition coefficient (Wildman–Crippen LogP) is 8.96. The first kappa shape index (κ1) is 41.7. The van der Waals surface area contributed by atoms with E-state index in [4.69, 9.17) is 4.74 Å². The molecule has 0 spiro atoms. The van der Waals surface area contributed by atoms with Crippen LogP contribution >= 0.6 is 0 Å². The van der Waals surface area contributed by atoms with E-state index < -0.39 is 17.7 Å². The lowest BCUT2D eigenvalue weighted by Gasteiger charge is -2.24. The van der Waals surface area contributed by atoms with Crippen LogP contribution in [0.1, 0.15) is 57.9 Å². The third-order valence-corrected chi connectivity index (χ3v) is 8.41. The zero-order valence-corrected chi connectivity index (χ0v) is 30.6. The van der Waals surface area contributed by atoms with Gasteiger partial charge in [-0.15, -0.1) is 0 Å². The van der Waals surface area contributed by atoms with Crippen LogP contribution in [0.4, 0.5) is 13.2 Å². The molecule has 5 aromatic carbocycles. The maximum Gasteiger partial charge on any atom is 0.416 e. The Morgan fingerprint density at radius 3 is 1.71 bits per heavy atom. The van der Waals surface area contributed by atoms with Crippen LogP contribution in [0.15, 0.2) is 146 Å². The summed E-state index contributed by atoms with van der Waals surface area (Å²) in [5.74, 6) is 0.00957. The number of nitrogens with one attached hydrogen (secondary N) is 3. The molecule has 0 saturated carbocycles. The SMILES string of the molecule is CC(Cc1cccc(C(F)(F)F)c1)NCCOC(=O)c1ccccc1.CNC(C)C(c1ccccc1)c1ccccc1.CNCCc1ccccc1. The Balaban J connectivity index is 0.000000232. The van der Waals surface area contributed by atoms with Crippen LogP contribution in [0.25, 0.3) is 0 Å². The molecular formula is C44H52F3N3O2. The maximum atomic E-state index is 12.7. The number of hydrogen-bond acceptors (Lipinski definition) is 5. The van der Waals surface area contributed by atoms with E-state index in [0.717, 1.165) is 25.1 Å². The van der Waals surface area contributed by atoms with Crippen molar-refractivity contribution in [3.05, 3.63) is 179 Å². The molecule has 8 heteroatoms. The normalized spacial score (nSPS) is 12.1. The molecule has 0 amide bonds. The Morgan fingerprint density at radius 1 is 0.673 bits per heavy atom. The third-order valence-electron chi connectivity index (χ3n) is 8.41. The van der Waals surface area contributed by atoms with Crippen LogP contribution in [-0.2, 0) is 23.8 Å². The molecule has 5 rings (SSSR count). The molecule has 0 saturated heterocycles. The lowest BCUT2D eigenvalue weighted by Crippen LogP contribution is -2.31. The van der Waals surface area contributed by atoms with Gasteiger partial charge in [-0.25, -0.2) is 4.79 Å². The minimum absolute atomic E-state index is 0.0427. The second-order valence-corrected chi connectivity index (χ2v) is 12.5. The Morgan fingerprint density at radius 2 is 1.19 bits per heavy atom. The van der Waals surface area contributed by atoms with Gasteiger partial charge in [0.25, 0.3) is 0 Å². The topological polar surface area (TPSA) is 62.4 Å². The van der Waals surface area contributed by atoms with Crippen LogP contribution < -0.4 is 16.0 Å². The number of benzene rings is 5. The van der Waals surface area contributed by atoms with Gasteiger partial charge in [0, 0.05) is 24.5 Å². The molecule has 0 aromatic heterocycles. The summed E-state index contributed by atoms with van der Waals surface area (Å²) in [5, 5.41) is 9.62. The fourth-order valence-electron chi connectivity index (χ4n) is 5.58. The van der Waals surface area contributed by atoms with E-state index in [1.165, 1.54) is 22.8 Å². The summed E-state index contributed by atoms with van der Waals surface area (Å²) in [7, 11) is 3.99. The molecular weight excluding hydrogens is 659 g/mol. The van der Waals surface area contributed by atoms with Gasteiger partial charge in [-0.05, 0) is 87.8 Å². The third kappa shape index (κ3) is 15.2. The zero-order chi connectivity index (χ0) is 37.6. The number of halogens is 3. The average Bonchev–Trinajstić information content (AvgIpc) is 3.17. The maximum absolute atomic E-state index is 12.7. The first-order chi connectivity index (χ1) is 25.1. The Kier molecular flexibility index (Phi) is 18.4. The summed E-state index contributed by atoms with van der Waals surface area (Å²) in [6.07, 6.45) is -2.76. The van der Waals surface area contributed by atoms with Crippen LogP contribution in [0.5, 0.6) is 0 Å². The van der Waals surface area contributed by atoms with Gasteiger partial charge < -0.3 is 20.7 Å². The van der Waals surface area contributed by atoms with Gasteiger partial charge in [0.2, 0.25) is 0 Å². The van der Waals surface area contributed by atoms with Crippen molar-refractivity contribution in [1.82, 2.24) is 16.0 Å². The summed E-state index contributed by atoms with van der Waals surface area (Å²) in [6, 6.07) is 46.2. The van der Waals surface area contributed by atoms with Gasteiger partial charge in [0.1, 0.15) is 6.61 Å². The number of likely N-dealkylation sites (N-methyl/N-ethyl adjacent to an activating group) is 2. The van der Waals surface area contributed by atoms with Crippen LogP contribution in [0.3, 0.4) is 0 Å². The van der Waals surface area contributed by atoms with Crippen molar-refractivity contribution in [3.63, 3.8) is 0 Å². The number of rotatable bonds is 14. The lowest BCUT2D eigenvalue weighted by atomic mass is 9.86. The summed E-state index contributed by atoms with van der Waals surface area (Å²) >= 11 is 0. The molecule has 2 atom stereocenters. The van der Waals surface area contributed by atoms with E-state index >= 15 is 0 Å². The Hall–Kier alpha value is -4.76. The highest BCUT2D eigenvalue weighted by atomic mass is 19.4. The predicted molar refractivity (Wildman–Crippen MR) is 207 cm³/mol. The highest BCUT2D eigenvalue weighted by Crippen LogP contribution is 2.30. The fourth-order valence-corrected chi connectivity index (χ4v) is 5.58. The highest BCUT2D eigenvalue weighted by molar-refractivity contribution is 5.89. The van der Waals surface area contributed by atoms with Crippen molar-refractivity contribution in [2.45, 2.75) is 50.9 Å². The van der Waals surface area contributed by atoms with Crippen LogP contribution in [-0.4, -0.2) is 51.8 Å². The fraction of sp³-hybridized carbons (Fsp3) is 0.295. The molecule has 52 heavy (non-hydrogen) atoms. The largest absolute Gasteiger partial charge is 0.461 e. The first-order valence-corrected chi connectivity index (χ1v) is 17.7. The van der Waals surface area contributed by atoms with Gasteiger partial charge >= 0.3 is 12.1 Å². The first-order valence-electron chi connectivity index (χ1n) is 17.7. The molecule has 0 bridgehead atoms. The highest BCUT2D eigenvalue weighted by Gasteiger charge is 2.30. The van der Waals surface area contributed by atoms with Gasteiger partial charge in [0.15, 0.2) is 0 Å². The smallest absolute Gasteiger partial charge is 0.416 e. The van der Waals surface area contributed by atoms with Gasteiger partial charge in [-0.2, -0.15) is 13.2 Å². The summed E-state index contributed by atoms with van der Waals surface area (Å²) < 4.78 is 43.3. The molecule has 2 unspecified atom stereocenters. The molecule has 0 aliphatic heterocycles. The minimum atomic E-state index is -4.34. The number of carbonyl (C=O) groups excluding carboxylic acids is 1.